The van der Waals surface area contributed by atoms with Gasteiger partial charge in [-0.2, -0.15) is 0 Å². The van der Waals surface area contributed by atoms with Crippen LogP contribution < -0.4 is 16.6 Å². The van der Waals surface area contributed by atoms with Crippen LogP contribution in [0.25, 0.3) is 10.9 Å². The maximum atomic E-state index is 12.1. The summed E-state index contributed by atoms with van der Waals surface area (Å²) in [6.07, 6.45) is 4.52. The molecule has 0 aliphatic rings. The van der Waals surface area contributed by atoms with Crippen molar-refractivity contribution >= 4 is 22.5 Å². The van der Waals surface area contributed by atoms with E-state index in [-0.39, 0.29) is 5.91 Å². The van der Waals surface area contributed by atoms with Crippen LogP contribution in [0.2, 0.25) is 0 Å². The molecular formula is C16H22N4O. The highest BCUT2D eigenvalue weighted by Gasteiger charge is 2.11. The number of hydrogen-bond acceptors (Lipinski definition) is 4. The van der Waals surface area contributed by atoms with Crippen LogP contribution in [-0.4, -0.2) is 17.4 Å². The Morgan fingerprint density at radius 3 is 2.81 bits per heavy atom. The number of nitrogens with two attached hydrogens (primary N) is 1. The highest BCUT2D eigenvalue weighted by Crippen LogP contribution is 2.22. The number of carbonyl (C=O) groups is 1. The van der Waals surface area contributed by atoms with Crippen molar-refractivity contribution in [2.45, 2.75) is 32.6 Å². The van der Waals surface area contributed by atoms with Crippen LogP contribution in [0, 0.1) is 0 Å². The number of nitrogens with zero attached hydrogens (tertiary/aromatic N) is 1. The number of hydrogen-bond donors (Lipinski definition) is 3. The molecule has 2 rings (SSSR count). The molecule has 0 saturated heterocycles. The standard InChI is InChI=1S/C16H22N4O/c1-2-3-4-7-10-18-16(21)15-11-14(20-17)12-8-5-6-9-13(12)19-15/h5-6,8-9,11H,2-4,7,10,17H2,1H3,(H,18,21)(H,19,20). The molecule has 5 nitrogen and oxygen atoms in total. The Balaban J connectivity index is 2.09. The number of pyridine rings is 1. The summed E-state index contributed by atoms with van der Waals surface area (Å²) in [5.74, 6) is 5.37. The lowest BCUT2D eigenvalue weighted by Crippen LogP contribution is -2.25. The molecule has 4 N–H and O–H groups in total. The molecule has 1 aromatic heterocycles. The zero-order valence-corrected chi connectivity index (χ0v) is 12.4. The largest absolute Gasteiger partial charge is 0.351 e. The first kappa shape index (κ1) is 15.3. The predicted octanol–water partition coefficient (Wildman–Crippen LogP) is 2.83. The fraction of sp³-hybridized carbons (Fsp3) is 0.375. The van der Waals surface area contributed by atoms with E-state index in [4.69, 9.17) is 5.84 Å². The number of nitrogens with one attached hydrogen (secondary N) is 2. The van der Waals surface area contributed by atoms with Gasteiger partial charge in [-0.15, -0.1) is 0 Å². The Kier molecular flexibility index (Phi) is 5.51. The lowest BCUT2D eigenvalue weighted by molar-refractivity contribution is 0.0948. The summed E-state index contributed by atoms with van der Waals surface area (Å²) in [5, 5.41) is 3.81. The fourth-order valence-corrected chi connectivity index (χ4v) is 2.26. The summed E-state index contributed by atoms with van der Waals surface area (Å²) in [5.41, 5.74) is 4.47. The number of rotatable bonds is 7. The average Bonchev–Trinajstić information content (AvgIpc) is 2.53. The van der Waals surface area contributed by atoms with E-state index in [9.17, 15) is 4.79 Å². The van der Waals surface area contributed by atoms with Crippen LogP contribution in [0.15, 0.2) is 30.3 Å². The van der Waals surface area contributed by atoms with Crippen LogP contribution in [0.3, 0.4) is 0 Å². The van der Waals surface area contributed by atoms with E-state index in [0.29, 0.717) is 17.9 Å². The molecule has 0 unspecified atom stereocenters. The molecule has 0 fully saturated rings. The van der Waals surface area contributed by atoms with Gasteiger partial charge in [0.15, 0.2) is 0 Å². The molecule has 1 amide bonds. The molecule has 112 valence electrons. The minimum Gasteiger partial charge on any atom is -0.351 e. The monoisotopic (exact) mass is 286 g/mol. The highest BCUT2D eigenvalue weighted by atomic mass is 16.1. The molecule has 0 radical (unpaired) electrons. The zero-order valence-electron chi connectivity index (χ0n) is 12.4. The summed E-state index contributed by atoms with van der Waals surface area (Å²) in [6, 6.07) is 9.28. The van der Waals surface area contributed by atoms with Gasteiger partial charge in [-0.25, -0.2) is 4.98 Å². The minimum atomic E-state index is -0.159. The third-order valence-corrected chi connectivity index (χ3v) is 3.42. The number of benzene rings is 1. The molecule has 0 saturated carbocycles. The van der Waals surface area contributed by atoms with Crippen LogP contribution in [0.5, 0.6) is 0 Å². The Labute approximate surface area is 124 Å². The third kappa shape index (κ3) is 3.92. The first-order valence-electron chi connectivity index (χ1n) is 7.41. The number of hydrazine groups is 1. The second-order valence-electron chi connectivity index (χ2n) is 5.03. The lowest BCUT2D eigenvalue weighted by atomic mass is 10.1. The van der Waals surface area contributed by atoms with Gasteiger partial charge in [0, 0.05) is 11.9 Å². The van der Waals surface area contributed by atoms with Gasteiger partial charge in [0.25, 0.3) is 5.91 Å². The number of para-hydroxylation sites is 1. The normalized spacial score (nSPS) is 10.6. The quantitative estimate of drug-likeness (QED) is 0.415. The van der Waals surface area contributed by atoms with Crippen molar-refractivity contribution in [2.75, 3.05) is 12.0 Å². The second-order valence-corrected chi connectivity index (χ2v) is 5.03. The van der Waals surface area contributed by atoms with Gasteiger partial charge in [-0.3, -0.25) is 10.6 Å². The predicted molar refractivity (Wildman–Crippen MR) is 86.0 cm³/mol. The maximum absolute atomic E-state index is 12.1. The second kappa shape index (κ2) is 7.59. The van der Waals surface area contributed by atoms with E-state index in [1.807, 2.05) is 24.3 Å². The Morgan fingerprint density at radius 1 is 1.24 bits per heavy atom. The molecule has 0 bridgehead atoms. The number of amides is 1. The molecule has 0 atom stereocenters. The van der Waals surface area contributed by atoms with Crippen molar-refractivity contribution in [1.29, 1.82) is 0 Å². The molecule has 1 heterocycles. The van der Waals surface area contributed by atoms with Crippen molar-refractivity contribution in [3.63, 3.8) is 0 Å². The number of unbranched alkanes of at least 4 members (excludes halogenated alkanes) is 3. The maximum Gasteiger partial charge on any atom is 0.269 e. The van der Waals surface area contributed by atoms with Crippen molar-refractivity contribution in [3.8, 4) is 0 Å². The van der Waals surface area contributed by atoms with Gasteiger partial charge in [0.05, 0.1) is 11.2 Å². The average molecular weight is 286 g/mol. The van der Waals surface area contributed by atoms with Gasteiger partial charge in [0.2, 0.25) is 0 Å². The molecule has 0 spiro atoms. The first-order valence-corrected chi connectivity index (χ1v) is 7.41. The van der Waals surface area contributed by atoms with E-state index < -0.39 is 0 Å². The van der Waals surface area contributed by atoms with E-state index in [1.165, 1.54) is 12.8 Å². The number of aromatic nitrogens is 1. The fourth-order valence-electron chi connectivity index (χ4n) is 2.26. The first-order chi connectivity index (χ1) is 10.3. The van der Waals surface area contributed by atoms with Crippen molar-refractivity contribution in [2.24, 2.45) is 5.84 Å². The van der Waals surface area contributed by atoms with E-state index in [2.05, 4.69) is 22.7 Å². The third-order valence-electron chi connectivity index (χ3n) is 3.42. The number of anilines is 1. The summed E-state index contributed by atoms with van der Waals surface area (Å²) in [6.45, 7) is 2.84. The zero-order chi connectivity index (χ0) is 15.1. The summed E-state index contributed by atoms with van der Waals surface area (Å²) in [4.78, 5) is 16.5. The Morgan fingerprint density at radius 2 is 2.05 bits per heavy atom. The van der Waals surface area contributed by atoms with E-state index in [0.717, 1.165) is 23.7 Å². The van der Waals surface area contributed by atoms with Gasteiger partial charge < -0.3 is 10.7 Å². The Bertz CT molecular complexity index is 612. The number of nitrogen functional groups attached to an aromatic ring is 1. The number of fused-ring (bicyclic) bond motifs is 1. The van der Waals surface area contributed by atoms with Crippen molar-refractivity contribution in [1.82, 2.24) is 10.3 Å². The lowest BCUT2D eigenvalue weighted by Gasteiger charge is -2.09. The van der Waals surface area contributed by atoms with Crippen LogP contribution in [0.4, 0.5) is 5.69 Å². The van der Waals surface area contributed by atoms with Crippen molar-refractivity contribution < 1.29 is 4.79 Å². The highest BCUT2D eigenvalue weighted by molar-refractivity contribution is 5.99. The van der Waals surface area contributed by atoms with Crippen LogP contribution >= 0.6 is 0 Å². The summed E-state index contributed by atoms with van der Waals surface area (Å²) in [7, 11) is 0. The van der Waals surface area contributed by atoms with Crippen LogP contribution in [0.1, 0.15) is 43.1 Å². The summed E-state index contributed by atoms with van der Waals surface area (Å²) < 4.78 is 0. The van der Waals surface area contributed by atoms with E-state index >= 15 is 0 Å². The van der Waals surface area contributed by atoms with E-state index in [1.54, 1.807) is 6.07 Å². The van der Waals surface area contributed by atoms with Crippen LogP contribution in [-0.2, 0) is 0 Å². The Hall–Kier alpha value is -2.14. The SMILES string of the molecule is CCCCCCNC(=O)c1cc(NN)c2ccccc2n1. The smallest absolute Gasteiger partial charge is 0.269 e. The molecule has 2 aromatic rings. The minimum absolute atomic E-state index is 0.159. The van der Waals surface area contributed by atoms with Gasteiger partial charge in [0.1, 0.15) is 5.69 Å². The number of carbonyl (C=O) groups excluding carboxylic acids is 1. The van der Waals surface area contributed by atoms with Gasteiger partial charge in [-0.1, -0.05) is 44.4 Å². The molecule has 5 heteroatoms. The molecule has 21 heavy (non-hydrogen) atoms. The summed E-state index contributed by atoms with van der Waals surface area (Å²) >= 11 is 0. The molecule has 0 aliphatic heterocycles. The molecular weight excluding hydrogens is 264 g/mol. The van der Waals surface area contributed by atoms with Gasteiger partial charge >= 0.3 is 0 Å². The molecule has 0 aliphatic carbocycles. The molecule has 1 aromatic carbocycles. The topological polar surface area (TPSA) is 80.0 Å². The van der Waals surface area contributed by atoms with Crippen molar-refractivity contribution in [3.05, 3.63) is 36.0 Å². The van der Waals surface area contributed by atoms with Gasteiger partial charge in [-0.05, 0) is 18.6 Å².